The van der Waals surface area contributed by atoms with Crippen LogP contribution in [0.1, 0.15) is 17.0 Å². The second-order valence-corrected chi connectivity index (χ2v) is 3.67. The van der Waals surface area contributed by atoms with Crippen LogP contribution >= 0.6 is 0 Å². The van der Waals surface area contributed by atoms with Crippen LogP contribution in [0.2, 0.25) is 0 Å². The molecule has 3 rings (SSSR count). The highest BCUT2D eigenvalue weighted by Crippen LogP contribution is 2.23. The SMILES string of the molecule is Cc1cc2c3c(ncnn13)CC(=O)C2. The fourth-order valence-corrected chi connectivity index (χ4v) is 2.08. The van der Waals surface area contributed by atoms with E-state index in [1.54, 1.807) is 0 Å². The van der Waals surface area contributed by atoms with Gasteiger partial charge in [0.2, 0.25) is 0 Å². The van der Waals surface area contributed by atoms with Crippen LogP contribution in [-0.4, -0.2) is 20.4 Å². The molecule has 2 aromatic rings. The summed E-state index contributed by atoms with van der Waals surface area (Å²) in [4.78, 5) is 15.6. The van der Waals surface area contributed by atoms with Gasteiger partial charge in [-0.05, 0) is 18.6 Å². The van der Waals surface area contributed by atoms with E-state index >= 15 is 0 Å². The van der Waals surface area contributed by atoms with Gasteiger partial charge in [-0.1, -0.05) is 0 Å². The van der Waals surface area contributed by atoms with Crippen LogP contribution in [0, 0.1) is 6.92 Å². The average Bonchev–Trinajstić information content (AvgIpc) is 2.45. The van der Waals surface area contributed by atoms with Gasteiger partial charge in [-0.15, -0.1) is 0 Å². The van der Waals surface area contributed by atoms with Crippen molar-refractivity contribution in [1.29, 1.82) is 0 Å². The maximum absolute atomic E-state index is 11.4. The van der Waals surface area contributed by atoms with E-state index < -0.39 is 0 Å². The van der Waals surface area contributed by atoms with E-state index in [2.05, 4.69) is 10.1 Å². The third-order valence-electron chi connectivity index (χ3n) is 2.64. The number of aryl methyl sites for hydroxylation is 1. The van der Waals surface area contributed by atoms with Gasteiger partial charge < -0.3 is 0 Å². The molecular formula is C10H9N3O. The van der Waals surface area contributed by atoms with E-state index in [1.807, 2.05) is 17.5 Å². The molecule has 0 saturated carbocycles. The first-order chi connectivity index (χ1) is 6.75. The fourth-order valence-electron chi connectivity index (χ4n) is 2.08. The second kappa shape index (κ2) is 2.41. The zero-order valence-corrected chi connectivity index (χ0v) is 7.82. The summed E-state index contributed by atoms with van der Waals surface area (Å²) in [5.74, 6) is 0.240. The standard InChI is InChI=1S/C10H9N3O/c1-6-2-7-3-8(14)4-9-10(7)13(6)12-5-11-9/h2,5H,3-4H2,1H3. The van der Waals surface area contributed by atoms with E-state index in [0.29, 0.717) is 12.8 Å². The molecule has 0 aromatic carbocycles. The Morgan fingerprint density at radius 1 is 1.43 bits per heavy atom. The molecule has 0 atom stereocenters. The summed E-state index contributed by atoms with van der Waals surface area (Å²) in [6.45, 7) is 1.99. The van der Waals surface area contributed by atoms with Crippen molar-refractivity contribution < 1.29 is 4.79 Å². The van der Waals surface area contributed by atoms with E-state index in [1.165, 1.54) is 6.33 Å². The van der Waals surface area contributed by atoms with Crippen molar-refractivity contribution >= 4 is 11.3 Å². The van der Waals surface area contributed by atoms with Crippen molar-refractivity contribution in [3.05, 3.63) is 29.3 Å². The van der Waals surface area contributed by atoms with Gasteiger partial charge in [0.05, 0.1) is 17.6 Å². The van der Waals surface area contributed by atoms with Crippen LogP contribution in [0.5, 0.6) is 0 Å². The lowest BCUT2D eigenvalue weighted by Crippen LogP contribution is -2.15. The molecule has 0 saturated heterocycles. The van der Waals surface area contributed by atoms with Gasteiger partial charge in [0, 0.05) is 12.1 Å². The highest BCUT2D eigenvalue weighted by molar-refractivity contribution is 5.90. The summed E-state index contributed by atoms with van der Waals surface area (Å²) in [6, 6.07) is 2.02. The molecule has 0 N–H and O–H groups in total. The molecule has 70 valence electrons. The summed E-state index contributed by atoms with van der Waals surface area (Å²) in [5, 5.41) is 4.16. The first-order valence-electron chi connectivity index (χ1n) is 4.58. The zero-order valence-electron chi connectivity index (χ0n) is 7.82. The Morgan fingerprint density at radius 3 is 3.14 bits per heavy atom. The number of nitrogens with zero attached hydrogens (tertiary/aromatic N) is 3. The van der Waals surface area contributed by atoms with Crippen molar-refractivity contribution in [3.8, 4) is 0 Å². The lowest BCUT2D eigenvalue weighted by molar-refractivity contribution is -0.118. The molecule has 1 aliphatic carbocycles. The molecule has 4 nitrogen and oxygen atoms in total. The molecule has 0 unspecified atom stereocenters. The lowest BCUT2D eigenvalue weighted by Gasteiger charge is -2.09. The van der Waals surface area contributed by atoms with Crippen LogP contribution in [0.15, 0.2) is 12.4 Å². The molecular weight excluding hydrogens is 178 g/mol. The highest BCUT2D eigenvalue weighted by atomic mass is 16.1. The van der Waals surface area contributed by atoms with Crippen molar-refractivity contribution in [2.24, 2.45) is 0 Å². The Morgan fingerprint density at radius 2 is 2.29 bits per heavy atom. The van der Waals surface area contributed by atoms with Gasteiger partial charge >= 0.3 is 0 Å². The van der Waals surface area contributed by atoms with E-state index in [0.717, 1.165) is 22.5 Å². The molecule has 0 amide bonds. The van der Waals surface area contributed by atoms with Gasteiger partial charge in [0.1, 0.15) is 12.1 Å². The molecule has 0 bridgehead atoms. The van der Waals surface area contributed by atoms with Crippen LogP contribution < -0.4 is 0 Å². The summed E-state index contributed by atoms with van der Waals surface area (Å²) in [6.07, 6.45) is 2.48. The second-order valence-electron chi connectivity index (χ2n) is 3.67. The molecule has 0 fully saturated rings. The Kier molecular flexibility index (Phi) is 1.32. The summed E-state index contributed by atoms with van der Waals surface area (Å²) in [7, 11) is 0. The number of aromatic nitrogens is 3. The average molecular weight is 187 g/mol. The Bertz CT molecular complexity index is 542. The maximum atomic E-state index is 11.4. The monoisotopic (exact) mass is 187 g/mol. The van der Waals surface area contributed by atoms with Crippen LogP contribution in [-0.2, 0) is 17.6 Å². The van der Waals surface area contributed by atoms with Crippen LogP contribution in [0.25, 0.3) is 5.52 Å². The molecule has 2 heterocycles. The fraction of sp³-hybridized carbons (Fsp3) is 0.300. The number of carbonyl (C=O) groups is 1. The third kappa shape index (κ3) is 0.852. The Hall–Kier alpha value is -1.71. The minimum Gasteiger partial charge on any atom is -0.299 e. The van der Waals surface area contributed by atoms with E-state index in [4.69, 9.17) is 0 Å². The minimum atomic E-state index is 0.240. The molecule has 14 heavy (non-hydrogen) atoms. The van der Waals surface area contributed by atoms with E-state index in [-0.39, 0.29) is 5.78 Å². The minimum absolute atomic E-state index is 0.240. The molecule has 2 aromatic heterocycles. The predicted octanol–water partition coefficient (Wildman–Crippen LogP) is 0.705. The van der Waals surface area contributed by atoms with Crippen molar-refractivity contribution in [1.82, 2.24) is 14.6 Å². The first-order valence-corrected chi connectivity index (χ1v) is 4.58. The number of hydrogen-bond acceptors (Lipinski definition) is 3. The number of ketones is 1. The summed E-state index contributed by atoms with van der Waals surface area (Å²) in [5.41, 5.74) is 4.02. The molecule has 1 aliphatic rings. The topological polar surface area (TPSA) is 47.3 Å². The lowest BCUT2D eigenvalue weighted by atomic mass is 9.99. The number of carbonyl (C=O) groups excluding carboxylic acids is 1. The number of rotatable bonds is 0. The van der Waals surface area contributed by atoms with Gasteiger partial charge in [0.25, 0.3) is 0 Å². The smallest absolute Gasteiger partial charge is 0.143 e. The summed E-state index contributed by atoms with van der Waals surface area (Å²) >= 11 is 0. The zero-order chi connectivity index (χ0) is 9.71. The molecule has 4 heteroatoms. The Balaban J connectivity index is 2.46. The van der Waals surface area contributed by atoms with Crippen molar-refractivity contribution in [2.75, 3.05) is 0 Å². The van der Waals surface area contributed by atoms with Gasteiger partial charge in [0.15, 0.2) is 0 Å². The predicted molar refractivity (Wildman–Crippen MR) is 50.1 cm³/mol. The highest BCUT2D eigenvalue weighted by Gasteiger charge is 2.21. The largest absolute Gasteiger partial charge is 0.299 e. The molecule has 0 spiro atoms. The summed E-state index contributed by atoms with van der Waals surface area (Å²) < 4.78 is 1.87. The van der Waals surface area contributed by atoms with Crippen molar-refractivity contribution in [2.45, 2.75) is 19.8 Å². The van der Waals surface area contributed by atoms with Crippen LogP contribution in [0.4, 0.5) is 0 Å². The van der Waals surface area contributed by atoms with Crippen molar-refractivity contribution in [3.63, 3.8) is 0 Å². The quantitative estimate of drug-likeness (QED) is 0.610. The molecule has 0 radical (unpaired) electrons. The molecule has 0 aliphatic heterocycles. The third-order valence-corrected chi connectivity index (χ3v) is 2.64. The van der Waals surface area contributed by atoms with Crippen LogP contribution in [0.3, 0.4) is 0 Å². The van der Waals surface area contributed by atoms with Gasteiger partial charge in [-0.2, -0.15) is 5.10 Å². The van der Waals surface area contributed by atoms with E-state index in [9.17, 15) is 4.79 Å². The van der Waals surface area contributed by atoms with Gasteiger partial charge in [-0.25, -0.2) is 9.50 Å². The Labute approximate surface area is 80.6 Å². The number of hydrogen-bond donors (Lipinski definition) is 0. The normalized spacial score (nSPS) is 15.1. The first kappa shape index (κ1) is 7.67. The van der Waals surface area contributed by atoms with Gasteiger partial charge in [-0.3, -0.25) is 4.79 Å². The maximum Gasteiger partial charge on any atom is 0.143 e. The number of Topliss-reactive ketones (excluding diaryl/α,β-unsaturated/α-hetero) is 1.